The van der Waals surface area contributed by atoms with E-state index in [0.717, 1.165) is 5.56 Å². The molecule has 1 aliphatic rings. The van der Waals surface area contributed by atoms with Gasteiger partial charge in [0, 0.05) is 13.6 Å². The lowest BCUT2D eigenvalue weighted by molar-refractivity contribution is -0.143. The Morgan fingerprint density at radius 3 is 2.12 bits per heavy atom. The van der Waals surface area contributed by atoms with Crippen molar-refractivity contribution in [1.82, 2.24) is 10.2 Å². The predicted octanol–water partition coefficient (Wildman–Crippen LogP) is 5.05. The summed E-state index contributed by atoms with van der Waals surface area (Å²) in [7, 11) is 1.84. The third-order valence-corrected chi connectivity index (χ3v) is 5.12. The maximum Gasteiger partial charge on any atom is 0.416 e. The molecule has 1 heterocycles. The van der Waals surface area contributed by atoms with Crippen LogP contribution < -0.4 is 5.32 Å². The van der Waals surface area contributed by atoms with Gasteiger partial charge >= 0.3 is 12.4 Å². The van der Waals surface area contributed by atoms with Crippen LogP contribution in [-0.2, 0) is 29.2 Å². The molecule has 1 fully saturated rings. The Bertz CT molecular complexity index is 926. The zero-order chi connectivity index (χ0) is 23.6. The molecule has 4 nitrogen and oxygen atoms in total. The molecule has 32 heavy (non-hydrogen) atoms. The van der Waals surface area contributed by atoms with Crippen LogP contribution in [0.15, 0.2) is 53.5 Å². The molecule has 10 heteroatoms. The molecule has 0 saturated carbocycles. The molecule has 2 aromatic carbocycles. The maximum absolute atomic E-state index is 13.1. The van der Waals surface area contributed by atoms with Crippen molar-refractivity contribution in [2.75, 3.05) is 26.7 Å². The Balaban J connectivity index is 1.85. The molecule has 1 saturated heterocycles. The van der Waals surface area contributed by atoms with E-state index in [0.29, 0.717) is 31.2 Å². The second-order valence-electron chi connectivity index (χ2n) is 7.63. The molecule has 1 aliphatic heterocycles. The molecule has 0 amide bonds. The number of nitrogens with zero attached hydrogens (tertiary/aromatic N) is 2. The Labute approximate surface area is 181 Å². The largest absolute Gasteiger partial charge is 0.416 e. The zero-order valence-electron chi connectivity index (χ0n) is 17.5. The van der Waals surface area contributed by atoms with Crippen molar-refractivity contribution in [3.8, 4) is 0 Å². The van der Waals surface area contributed by atoms with E-state index >= 15 is 0 Å². The molecule has 0 aliphatic carbocycles. The second-order valence-corrected chi connectivity index (χ2v) is 7.63. The molecule has 0 unspecified atom stereocenters. The van der Waals surface area contributed by atoms with Crippen LogP contribution in [-0.4, -0.2) is 37.6 Å². The minimum Gasteiger partial charge on any atom is -0.374 e. The minimum absolute atomic E-state index is 0.0156. The third-order valence-electron chi connectivity index (χ3n) is 5.12. The standard InChI is InChI=1S/C22H23F6N3O/c1-3-29-19-30-20(13-31(19)2,16-7-5-4-6-8-16)14-32-12-15-9-17(21(23,24)25)11-18(10-15)22(26,27)28/h4-11H,3,12-14H2,1-2H3,(H,29,30)/t20-/m1/s1. The van der Waals surface area contributed by atoms with Gasteiger partial charge in [0.2, 0.25) is 0 Å². The number of hydrogen-bond acceptors (Lipinski definition) is 2. The van der Waals surface area contributed by atoms with Crippen molar-refractivity contribution in [3.63, 3.8) is 0 Å². The van der Waals surface area contributed by atoms with Gasteiger partial charge in [0.15, 0.2) is 5.96 Å². The van der Waals surface area contributed by atoms with Crippen molar-refractivity contribution in [2.45, 2.75) is 31.4 Å². The average Bonchev–Trinajstić information content (AvgIpc) is 3.04. The Kier molecular flexibility index (Phi) is 6.73. The highest BCUT2D eigenvalue weighted by Crippen LogP contribution is 2.36. The van der Waals surface area contributed by atoms with E-state index in [4.69, 9.17) is 4.74 Å². The maximum atomic E-state index is 13.1. The first kappa shape index (κ1) is 23.9. The van der Waals surface area contributed by atoms with Crippen molar-refractivity contribution in [3.05, 3.63) is 70.8 Å². The summed E-state index contributed by atoms with van der Waals surface area (Å²) in [6.45, 7) is 2.50. The van der Waals surface area contributed by atoms with Gasteiger partial charge in [0.25, 0.3) is 0 Å². The first-order valence-corrected chi connectivity index (χ1v) is 9.90. The van der Waals surface area contributed by atoms with E-state index in [1.807, 2.05) is 49.2 Å². The van der Waals surface area contributed by atoms with Crippen LogP contribution in [0, 0.1) is 0 Å². The smallest absolute Gasteiger partial charge is 0.374 e. The van der Waals surface area contributed by atoms with Gasteiger partial charge in [-0.15, -0.1) is 0 Å². The van der Waals surface area contributed by atoms with Crippen molar-refractivity contribution < 1.29 is 31.1 Å². The molecule has 0 radical (unpaired) electrons. The van der Waals surface area contributed by atoms with Gasteiger partial charge in [-0.05, 0) is 36.2 Å². The van der Waals surface area contributed by atoms with Crippen LogP contribution in [0.1, 0.15) is 29.2 Å². The summed E-state index contributed by atoms with van der Waals surface area (Å²) in [4.78, 5) is 6.29. The normalized spacial score (nSPS) is 20.6. The van der Waals surface area contributed by atoms with E-state index in [1.54, 1.807) is 0 Å². The lowest BCUT2D eigenvalue weighted by Crippen LogP contribution is -2.45. The molecule has 3 rings (SSSR count). The second kappa shape index (κ2) is 9.01. The van der Waals surface area contributed by atoms with Gasteiger partial charge in [0.1, 0.15) is 5.54 Å². The Hall–Kier alpha value is -2.75. The molecule has 1 N–H and O–H groups in total. The number of ether oxygens (including phenoxy) is 1. The van der Waals surface area contributed by atoms with Crippen LogP contribution in [0.2, 0.25) is 0 Å². The summed E-state index contributed by atoms with van der Waals surface area (Å²) >= 11 is 0. The molecule has 0 bridgehead atoms. The fourth-order valence-electron chi connectivity index (χ4n) is 3.67. The fraction of sp³-hybridized carbons (Fsp3) is 0.409. The van der Waals surface area contributed by atoms with Gasteiger partial charge in [-0.1, -0.05) is 30.3 Å². The number of guanidine groups is 1. The summed E-state index contributed by atoms with van der Waals surface area (Å²) in [6, 6.07) is 10.8. The lowest BCUT2D eigenvalue weighted by Gasteiger charge is -2.29. The third kappa shape index (κ3) is 5.35. The number of rotatable bonds is 6. The molecular formula is C22H23F6N3O. The first-order chi connectivity index (χ1) is 14.9. The lowest BCUT2D eigenvalue weighted by atomic mass is 9.91. The Morgan fingerprint density at radius 1 is 1.00 bits per heavy atom. The highest BCUT2D eigenvalue weighted by molar-refractivity contribution is 5.83. The minimum atomic E-state index is -4.90. The SMILES string of the molecule is CCN=C1N[C@](COCc2cc(C(F)(F)F)cc(C(F)(F)F)c2)(c2ccccc2)CN1C. The molecule has 1 atom stereocenters. The number of nitrogens with one attached hydrogen (secondary N) is 1. The van der Waals surface area contributed by atoms with Gasteiger partial charge < -0.3 is 15.0 Å². The summed E-state index contributed by atoms with van der Waals surface area (Å²) < 4.78 is 84.3. The van der Waals surface area contributed by atoms with Gasteiger partial charge in [-0.25, -0.2) is 0 Å². The summed E-state index contributed by atoms with van der Waals surface area (Å²) in [6.07, 6.45) is -9.80. The predicted molar refractivity (Wildman–Crippen MR) is 108 cm³/mol. The van der Waals surface area contributed by atoms with E-state index < -0.39 is 35.6 Å². The topological polar surface area (TPSA) is 36.9 Å². The van der Waals surface area contributed by atoms with Crippen LogP contribution in [0.3, 0.4) is 0 Å². The molecule has 174 valence electrons. The summed E-state index contributed by atoms with van der Waals surface area (Å²) in [5, 5.41) is 3.32. The summed E-state index contributed by atoms with van der Waals surface area (Å²) in [5.41, 5.74) is -2.81. The number of likely N-dealkylation sites (N-methyl/N-ethyl adjacent to an activating group) is 1. The number of halogens is 6. The van der Waals surface area contributed by atoms with E-state index in [1.165, 1.54) is 0 Å². The van der Waals surface area contributed by atoms with Crippen LogP contribution in [0.4, 0.5) is 26.3 Å². The van der Waals surface area contributed by atoms with Crippen molar-refractivity contribution in [2.24, 2.45) is 4.99 Å². The Morgan fingerprint density at radius 2 is 1.59 bits per heavy atom. The molecule has 0 aromatic heterocycles. The van der Waals surface area contributed by atoms with Crippen LogP contribution >= 0.6 is 0 Å². The zero-order valence-corrected chi connectivity index (χ0v) is 17.5. The van der Waals surface area contributed by atoms with Crippen LogP contribution in [0.5, 0.6) is 0 Å². The monoisotopic (exact) mass is 459 g/mol. The quantitative estimate of drug-likeness (QED) is 0.615. The highest BCUT2D eigenvalue weighted by atomic mass is 19.4. The van der Waals surface area contributed by atoms with Crippen molar-refractivity contribution in [1.29, 1.82) is 0 Å². The van der Waals surface area contributed by atoms with E-state index in [2.05, 4.69) is 10.3 Å². The van der Waals surface area contributed by atoms with Gasteiger partial charge in [-0.2, -0.15) is 26.3 Å². The number of hydrogen-bond donors (Lipinski definition) is 1. The summed E-state index contributed by atoms with van der Waals surface area (Å²) in [5.74, 6) is 0.637. The van der Waals surface area contributed by atoms with Gasteiger partial charge in [0.05, 0.1) is 30.9 Å². The van der Waals surface area contributed by atoms with E-state index in [9.17, 15) is 26.3 Å². The number of alkyl halides is 6. The van der Waals surface area contributed by atoms with Gasteiger partial charge in [-0.3, -0.25) is 4.99 Å². The fourth-order valence-corrected chi connectivity index (χ4v) is 3.67. The first-order valence-electron chi connectivity index (χ1n) is 9.90. The van der Waals surface area contributed by atoms with Crippen molar-refractivity contribution >= 4 is 5.96 Å². The average molecular weight is 459 g/mol. The molecular weight excluding hydrogens is 436 g/mol. The molecule has 2 aromatic rings. The van der Waals surface area contributed by atoms with Crippen LogP contribution in [0.25, 0.3) is 0 Å². The number of benzene rings is 2. The van der Waals surface area contributed by atoms with E-state index in [-0.39, 0.29) is 18.2 Å². The highest BCUT2D eigenvalue weighted by Gasteiger charge is 2.42. The number of aliphatic imine (C=N–C) groups is 1. The molecule has 0 spiro atoms.